The number of nitrogens with zero attached hydrogens (tertiary/aromatic N) is 2. The molecular weight excluding hydrogens is 666 g/mol. The monoisotopic (exact) mass is 707 g/mol. The Balaban J connectivity index is 1.35. The van der Waals surface area contributed by atoms with Crippen LogP contribution in [0.15, 0.2) is 84.9 Å². The third kappa shape index (κ3) is 9.25. The Kier molecular flexibility index (Phi) is 11.7. The number of para-hydroxylation sites is 2. The molecule has 0 spiro atoms. The summed E-state index contributed by atoms with van der Waals surface area (Å²) in [6.45, 7) is 6.73. The molecule has 0 fully saturated rings. The summed E-state index contributed by atoms with van der Waals surface area (Å²) < 4.78 is 65.9. The lowest BCUT2D eigenvalue weighted by atomic mass is 9.98. The second kappa shape index (κ2) is 15.9. The van der Waals surface area contributed by atoms with Gasteiger partial charge in [0, 0.05) is 25.6 Å². The molecule has 2 N–H and O–H groups in total. The SMILES string of the molecule is Cc1ccccc1Oc1ccc(CN(C)C[C@H]2Oc3c(NC(=O)Cc4ccc(C(F)(F)F)c(F)c4)cccc3C(=O)N(C(C)CO)C[C@H]2C)cc1. The molecule has 12 heteroatoms. The number of aliphatic hydroxyl groups is 1. The van der Waals surface area contributed by atoms with Gasteiger partial charge in [0.2, 0.25) is 5.91 Å². The minimum atomic E-state index is -4.86. The molecule has 51 heavy (non-hydrogen) atoms. The van der Waals surface area contributed by atoms with E-state index in [0.717, 1.165) is 22.9 Å². The molecule has 0 bridgehead atoms. The number of fused-ring (bicyclic) bond motifs is 1. The highest BCUT2D eigenvalue weighted by Crippen LogP contribution is 2.36. The van der Waals surface area contributed by atoms with Gasteiger partial charge in [-0.2, -0.15) is 13.2 Å². The topological polar surface area (TPSA) is 91.3 Å². The van der Waals surface area contributed by atoms with Crippen LogP contribution in [0.4, 0.5) is 23.2 Å². The Hall–Kier alpha value is -4.94. The summed E-state index contributed by atoms with van der Waals surface area (Å²) in [5.74, 6) is -1.08. The summed E-state index contributed by atoms with van der Waals surface area (Å²) in [6, 6.07) is 22.1. The second-order valence-corrected chi connectivity index (χ2v) is 13.1. The Morgan fingerprint density at radius 3 is 2.43 bits per heavy atom. The minimum Gasteiger partial charge on any atom is -0.486 e. The molecule has 1 aliphatic heterocycles. The van der Waals surface area contributed by atoms with E-state index in [1.54, 1.807) is 30.0 Å². The first-order chi connectivity index (χ1) is 24.2. The molecule has 0 saturated heterocycles. The van der Waals surface area contributed by atoms with E-state index in [-0.39, 0.29) is 41.0 Å². The zero-order valence-corrected chi connectivity index (χ0v) is 28.8. The zero-order valence-electron chi connectivity index (χ0n) is 28.8. The maximum Gasteiger partial charge on any atom is 0.419 e. The third-order valence-electron chi connectivity index (χ3n) is 8.86. The fourth-order valence-corrected chi connectivity index (χ4v) is 5.98. The molecule has 3 atom stereocenters. The molecule has 270 valence electrons. The molecule has 0 saturated carbocycles. The Labute approximate surface area is 294 Å². The van der Waals surface area contributed by atoms with Crippen molar-refractivity contribution in [3.63, 3.8) is 0 Å². The second-order valence-electron chi connectivity index (χ2n) is 13.1. The number of likely N-dealkylation sites (N-methyl/N-ethyl adjacent to an activating group) is 1. The van der Waals surface area contributed by atoms with Gasteiger partial charge in [0.1, 0.15) is 23.4 Å². The first-order valence-electron chi connectivity index (χ1n) is 16.6. The number of rotatable bonds is 11. The van der Waals surface area contributed by atoms with E-state index < -0.39 is 42.0 Å². The van der Waals surface area contributed by atoms with Gasteiger partial charge in [-0.15, -0.1) is 0 Å². The van der Waals surface area contributed by atoms with Gasteiger partial charge in [0.15, 0.2) is 5.75 Å². The summed E-state index contributed by atoms with van der Waals surface area (Å²) in [5.41, 5.74) is 1.05. The van der Waals surface area contributed by atoms with E-state index in [1.807, 2.05) is 69.4 Å². The van der Waals surface area contributed by atoms with Gasteiger partial charge in [0.05, 0.1) is 35.9 Å². The average Bonchev–Trinajstić information content (AvgIpc) is 3.07. The Morgan fingerprint density at radius 1 is 1.06 bits per heavy atom. The van der Waals surface area contributed by atoms with E-state index >= 15 is 0 Å². The molecule has 0 aromatic heterocycles. The van der Waals surface area contributed by atoms with Crippen LogP contribution in [0.25, 0.3) is 0 Å². The van der Waals surface area contributed by atoms with Crippen LogP contribution in [0.3, 0.4) is 0 Å². The normalized spacial score (nSPS) is 16.9. The van der Waals surface area contributed by atoms with E-state index in [4.69, 9.17) is 9.47 Å². The highest BCUT2D eigenvalue weighted by Gasteiger charge is 2.36. The van der Waals surface area contributed by atoms with Gasteiger partial charge in [-0.3, -0.25) is 14.5 Å². The van der Waals surface area contributed by atoms with E-state index in [0.29, 0.717) is 37.5 Å². The molecule has 4 aromatic rings. The Morgan fingerprint density at radius 2 is 1.76 bits per heavy atom. The number of carbonyl (C=O) groups is 2. The van der Waals surface area contributed by atoms with Gasteiger partial charge in [0.25, 0.3) is 5.91 Å². The highest BCUT2D eigenvalue weighted by atomic mass is 19.4. The van der Waals surface area contributed by atoms with Crippen LogP contribution in [0.5, 0.6) is 17.2 Å². The molecule has 0 aliphatic carbocycles. The number of amides is 2. The number of aryl methyl sites for hydroxylation is 1. The van der Waals surface area contributed by atoms with Crippen LogP contribution in [0.2, 0.25) is 0 Å². The van der Waals surface area contributed by atoms with Crippen LogP contribution in [0.1, 0.15) is 46.5 Å². The molecule has 1 unspecified atom stereocenters. The van der Waals surface area contributed by atoms with Crippen LogP contribution in [-0.4, -0.2) is 65.6 Å². The lowest BCUT2D eigenvalue weighted by Gasteiger charge is -2.38. The minimum absolute atomic E-state index is 0.0414. The standard InChI is InChI=1S/C39H41F4N3O5/c1-24-8-5-6-11-34(24)50-29-15-12-27(13-16-29)21-45(4)22-35-25(2)20-46(26(3)23-47)38(49)30-9-7-10-33(37(30)51-35)44-36(48)19-28-14-17-31(32(40)18-28)39(41,42)43/h5-18,25-26,35,47H,19-23H2,1-4H3,(H,44,48)/t25-,26?,35-/m1/s1. The largest absolute Gasteiger partial charge is 0.486 e. The molecular formula is C39H41F4N3O5. The van der Waals surface area contributed by atoms with Crippen LogP contribution >= 0.6 is 0 Å². The summed E-state index contributed by atoms with van der Waals surface area (Å²) in [5, 5.41) is 12.7. The number of hydrogen-bond donors (Lipinski definition) is 2. The predicted molar refractivity (Wildman–Crippen MR) is 185 cm³/mol. The summed E-state index contributed by atoms with van der Waals surface area (Å²) in [4.78, 5) is 30.6. The van der Waals surface area contributed by atoms with Crippen molar-refractivity contribution in [2.24, 2.45) is 5.92 Å². The maximum absolute atomic E-state index is 14.2. The molecule has 1 heterocycles. The van der Waals surface area contributed by atoms with Crippen molar-refractivity contribution in [3.05, 3.63) is 119 Å². The lowest BCUT2D eigenvalue weighted by Crippen LogP contribution is -2.49. The summed E-state index contributed by atoms with van der Waals surface area (Å²) in [6.07, 6.45) is -5.75. The van der Waals surface area contributed by atoms with Crippen molar-refractivity contribution >= 4 is 17.5 Å². The number of nitrogens with one attached hydrogen (secondary N) is 1. The van der Waals surface area contributed by atoms with Crippen molar-refractivity contribution in [2.75, 3.05) is 32.1 Å². The average molecular weight is 708 g/mol. The third-order valence-corrected chi connectivity index (χ3v) is 8.86. The van der Waals surface area contributed by atoms with Crippen molar-refractivity contribution in [1.29, 1.82) is 0 Å². The van der Waals surface area contributed by atoms with Crippen LogP contribution in [0, 0.1) is 18.7 Å². The maximum atomic E-state index is 14.2. The number of alkyl halides is 3. The van der Waals surface area contributed by atoms with Gasteiger partial charge < -0.3 is 24.8 Å². The van der Waals surface area contributed by atoms with E-state index in [1.165, 1.54) is 0 Å². The molecule has 5 rings (SSSR count). The predicted octanol–water partition coefficient (Wildman–Crippen LogP) is 7.48. The summed E-state index contributed by atoms with van der Waals surface area (Å²) >= 11 is 0. The van der Waals surface area contributed by atoms with Crippen molar-refractivity contribution in [2.45, 2.75) is 52.1 Å². The first kappa shape index (κ1) is 37.3. The van der Waals surface area contributed by atoms with Gasteiger partial charge in [-0.1, -0.05) is 49.4 Å². The van der Waals surface area contributed by atoms with Crippen molar-refractivity contribution in [1.82, 2.24) is 9.80 Å². The molecule has 8 nitrogen and oxygen atoms in total. The molecule has 4 aromatic carbocycles. The number of benzene rings is 4. The van der Waals surface area contributed by atoms with E-state index in [9.17, 15) is 32.3 Å². The van der Waals surface area contributed by atoms with Gasteiger partial charge in [-0.05, 0) is 80.1 Å². The summed E-state index contributed by atoms with van der Waals surface area (Å²) in [7, 11) is 1.95. The number of aliphatic hydroxyl groups excluding tert-OH is 1. The Bertz CT molecular complexity index is 1850. The molecule has 0 radical (unpaired) electrons. The quantitative estimate of drug-likeness (QED) is 0.157. The fraction of sp³-hybridized carbons (Fsp3) is 0.333. The number of hydrogen-bond acceptors (Lipinski definition) is 6. The first-order valence-corrected chi connectivity index (χ1v) is 16.6. The number of anilines is 1. The number of halogens is 4. The zero-order chi connectivity index (χ0) is 36.9. The smallest absolute Gasteiger partial charge is 0.419 e. The molecule has 2 amide bonds. The van der Waals surface area contributed by atoms with Gasteiger partial charge in [-0.25, -0.2) is 4.39 Å². The van der Waals surface area contributed by atoms with E-state index in [2.05, 4.69) is 10.2 Å². The lowest BCUT2D eigenvalue weighted by molar-refractivity contribution is -0.140. The number of ether oxygens (including phenoxy) is 2. The highest BCUT2D eigenvalue weighted by molar-refractivity contribution is 6.02. The molecule has 1 aliphatic rings. The van der Waals surface area contributed by atoms with Crippen molar-refractivity contribution in [3.8, 4) is 17.2 Å². The fourth-order valence-electron chi connectivity index (χ4n) is 5.98. The van der Waals surface area contributed by atoms with Crippen LogP contribution < -0.4 is 14.8 Å². The van der Waals surface area contributed by atoms with Crippen molar-refractivity contribution < 1.29 is 41.7 Å². The van der Waals surface area contributed by atoms with Gasteiger partial charge >= 0.3 is 6.18 Å². The number of carbonyl (C=O) groups excluding carboxylic acids is 2. The van der Waals surface area contributed by atoms with Crippen LogP contribution in [-0.2, 0) is 23.9 Å².